The summed E-state index contributed by atoms with van der Waals surface area (Å²) in [6.45, 7) is 2.01. The molecule has 1 aromatic carbocycles. The van der Waals surface area contributed by atoms with Gasteiger partial charge in [-0.1, -0.05) is 37.3 Å². The SMILES string of the molecule is CC1CC/C(=C\c2ccccc2)C1=O. The monoisotopic (exact) mass is 186 g/mol. The van der Waals surface area contributed by atoms with E-state index in [2.05, 4.69) is 0 Å². The van der Waals surface area contributed by atoms with Gasteiger partial charge in [0.15, 0.2) is 5.78 Å². The lowest BCUT2D eigenvalue weighted by atomic mass is 10.1. The van der Waals surface area contributed by atoms with E-state index in [1.54, 1.807) is 0 Å². The molecule has 0 N–H and O–H groups in total. The molecule has 1 aromatic rings. The van der Waals surface area contributed by atoms with E-state index in [0.717, 1.165) is 24.0 Å². The lowest BCUT2D eigenvalue weighted by molar-refractivity contribution is -0.117. The van der Waals surface area contributed by atoms with Gasteiger partial charge in [-0.15, -0.1) is 0 Å². The number of allylic oxidation sites excluding steroid dienone is 1. The molecule has 1 saturated carbocycles. The highest BCUT2D eigenvalue weighted by Crippen LogP contribution is 2.27. The van der Waals surface area contributed by atoms with Gasteiger partial charge in [0.05, 0.1) is 0 Å². The second-order valence-electron chi connectivity index (χ2n) is 3.88. The fraction of sp³-hybridized carbons (Fsp3) is 0.308. The largest absolute Gasteiger partial charge is 0.294 e. The summed E-state index contributed by atoms with van der Waals surface area (Å²) in [4.78, 5) is 11.6. The Hall–Kier alpha value is -1.37. The number of rotatable bonds is 1. The normalized spacial score (nSPS) is 24.5. The lowest BCUT2D eigenvalue weighted by Gasteiger charge is -1.97. The third-order valence-electron chi connectivity index (χ3n) is 2.75. The molecule has 0 radical (unpaired) electrons. The van der Waals surface area contributed by atoms with Crippen LogP contribution in [-0.2, 0) is 4.79 Å². The molecule has 0 bridgehead atoms. The zero-order valence-electron chi connectivity index (χ0n) is 8.36. The third-order valence-corrected chi connectivity index (χ3v) is 2.75. The highest BCUT2D eigenvalue weighted by Gasteiger charge is 2.24. The van der Waals surface area contributed by atoms with Crippen molar-refractivity contribution in [2.24, 2.45) is 5.92 Å². The summed E-state index contributed by atoms with van der Waals surface area (Å²) in [6, 6.07) is 10.0. The van der Waals surface area contributed by atoms with Crippen LogP contribution in [0.2, 0.25) is 0 Å². The smallest absolute Gasteiger partial charge is 0.161 e. The van der Waals surface area contributed by atoms with E-state index >= 15 is 0 Å². The zero-order chi connectivity index (χ0) is 9.97. The van der Waals surface area contributed by atoms with Crippen molar-refractivity contribution in [3.8, 4) is 0 Å². The van der Waals surface area contributed by atoms with Crippen molar-refractivity contribution in [1.82, 2.24) is 0 Å². The molecule has 1 heteroatoms. The van der Waals surface area contributed by atoms with Crippen LogP contribution in [0.4, 0.5) is 0 Å². The van der Waals surface area contributed by atoms with Crippen molar-refractivity contribution in [3.63, 3.8) is 0 Å². The van der Waals surface area contributed by atoms with Gasteiger partial charge in [0.1, 0.15) is 0 Å². The highest BCUT2D eigenvalue weighted by molar-refractivity contribution is 6.02. The molecule has 14 heavy (non-hydrogen) atoms. The minimum atomic E-state index is 0.227. The van der Waals surface area contributed by atoms with E-state index in [9.17, 15) is 4.79 Å². The Morgan fingerprint density at radius 3 is 2.57 bits per heavy atom. The van der Waals surface area contributed by atoms with E-state index in [-0.39, 0.29) is 5.92 Å². The first-order valence-electron chi connectivity index (χ1n) is 5.07. The van der Waals surface area contributed by atoms with Gasteiger partial charge in [-0.05, 0) is 30.1 Å². The van der Waals surface area contributed by atoms with E-state index < -0.39 is 0 Å². The number of hydrogen-bond acceptors (Lipinski definition) is 1. The van der Waals surface area contributed by atoms with Gasteiger partial charge in [0.25, 0.3) is 0 Å². The Kier molecular flexibility index (Phi) is 2.49. The maximum absolute atomic E-state index is 11.6. The molecule has 1 atom stereocenters. The predicted octanol–water partition coefficient (Wildman–Crippen LogP) is 3.07. The van der Waals surface area contributed by atoms with E-state index in [1.807, 2.05) is 43.3 Å². The van der Waals surface area contributed by atoms with Crippen LogP contribution < -0.4 is 0 Å². The molecule has 1 nitrogen and oxygen atoms in total. The Morgan fingerprint density at radius 1 is 1.29 bits per heavy atom. The minimum absolute atomic E-state index is 0.227. The number of carbonyl (C=O) groups is 1. The van der Waals surface area contributed by atoms with Crippen molar-refractivity contribution >= 4 is 11.9 Å². The summed E-state index contributed by atoms with van der Waals surface area (Å²) in [7, 11) is 0. The molecule has 72 valence electrons. The van der Waals surface area contributed by atoms with Crippen molar-refractivity contribution in [3.05, 3.63) is 41.5 Å². The quantitative estimate of drug-likeness (QED) is 0.616. The number of Topliss-reactive ketones (excluding diaryl/α,β-unsaturated/α-hetero) is 1. The Morgan fingerprint density at radius 2 is 2.00 bits per heavy atom. The van der Waals surface area contributed by atoms with Gasteiger partial charge < -0.3 is 0 Å². The van der Waals surface area contributed by atoms with Gasteiger partial charge in [-0.25, -0.2) is 0 Å². The summed E-state index contributed by atoms with van der Waals surface area (Å²) in [5.74, 6) is 0.554. The number of ketones is 1. The van der Waals surface area contributed by atoms with Crippen LogP contribution in [-0.4, -0.2) is 5.78 Å². The number of carbonyl (C=O) groups excluding carboxylic acids is 1. The standard InChI is InChI=1S/C13H14O/c1-10-7-8-12(13(10)14)9-11-5-3-2-4-6-11/h2-6,9-10H,7-8H2,1H3/b12-9+. The molecule has 2 rings (SSSR count). The second-order valence-corrected chi connectivity index (χ2v) is 3.88. The van der Waals surface area contributed by atoms with Crippen LogP contribution in [0.3, 0.4) is 0 Å². The molecule has 0 aromatic heterocycles. The van der Waals surface area contributed by atoms with Crippen molar-refractivity contribution < 1.29 is 4.79 Å². The van der Waals surface area contributed by atoms with Crippen LogP contribution in [0.5, 0.6) is 0 Å². The van der Waals surface area contributed by atoms with E-state index in [4.69, 9.17) is 0 Å². The maximum Gasteiger partial charge on any atom is 0.161 e. The Bertz CT molecular complexity index is 362. The summed E-state index contributed by atoms with van der Waals surface area (Å²) < 4.78 is 0. The van der Waals surface area contributed by atoms with Crippen molar-refractivity contribution in [2.45, 2.75) is 19.8 Å². The van der Waals surface area contributed by atoms with Crippen LogP contribution in [0.15, 0.2) is 35.9 Å². The average molecular weight is 186 g/mol. The van der Waals surface area contributed by atoms with Gasteiger partial charge in [-0.3, -0.25) is 4.79 Å². The zero-order valence-corrected chi connectivity index (χ0v) is 8.36. The maximum atomic E-state index is 11.6. The number of hydrogen-bond donors (Lipinski definition) is 0. The fourth-order valence-electron chi connectivity index (χ4n) is 1.84. The van der Waals surface area contributed by atoms with Crippen LogP contribution in [0, 0.1) is 5.92 Å². The minimum Gasteiger partial charge on any atom is -0.294 e. The fourth-order valence-corrected chi connectivity index (χ4v) is 1.84. The van der Waals surface area contributed by atoms with Crippen LogP contribution >= 0.6 is 0 Å². The summed E-state index contributed by atoms with van der Waals surface area (Å²) >= 11 is 0. The third kappa shape index (κ3) is 1.77. The summed E-state index contributed by atoms with van der Waals surface area (Å²) in [6.07, 6.45) is 3.97. The molecule has 1 fully saturated rings. The average Bonchev–Trinajstić information content (AvgIpc) is 2.52. The van der Waals surface area contributed by atoms with E-state index in [0.29, 0.717) is 5.78 Å². The van der Waals surface area contributed by atoms with Crippen molar-refractivity contribution in [2.75, 3.05) is 0 Å². The first-order valence-corrected chi connectivity index (χ1v) is 5.07. The molecule has 0 spiro atoms. The second kappa shape index (κ2) is 3.79. The van der Waals surface area contributed by atoms with Gasteiger partial charge in [0.2, 0.25) is 0 Å². The van der Waals surface area contributed by atoms with Gasteiger partial charge in [-0.2, -0.15) is 0 Å². The first kappa shape index (κ1) is 9.20. The molecular weight excluding hydrogens is 172 g/mol. The molecule has 1 aliphatic carbocycles. The van der Waals surface area contributed by atoms with E-state index in [1.165, 1.54) is 0 Å². The highest BCUT2D eigenvalue weighted by atomic mass is 16.1. The number of benzene rings is 1. The summed E-state index contributed by atoms with van der Waals surface area (Å²) in [5, 5.41) is 0. The lowest BCUT2D eigenvalue weighted by Crippen LogP contribution is -2.02. The Labute approximate surface area is 84.5 Å². The molecule has 0 heterocycles. The summed E-state index contributed by atoms with van der Waals surface area (Å²) in [5.41, 5.74) is 2.12. The molecular formula is C13H14O. The molecule has 1 aliphatic rings. The predicted molar refractivity (Wildman–Crippen MR) is 57.8 cm³/mol. The topological polar surface area (TPSA) is 17.1 Å². The van der Waals surface area contributed by atoms with Crippen molar-refractivity contribution in [1.29, 1.82) is 0 Å². The van der Waals surface area contributed by atoms with Gasteiger partial charge >= 0.3 is 0 Å². The van der Waals surface area contributed by atoms with Gasteiger partial charge in [0, 0.05) is 5.92 Å². The molecule has 1 unspecified atom stereocenters. The van der Waals surface area contributed by atoms with Crippen LogP contribution in [0.25, 0.3) is 6.08 Å². The first-order chi connectivity index (χ1) is 6.77. The Balaban J connectivity index is 2.24. The molecule has 0 aliphatic heterocycles. The molecule has 0 amide bonds. The van der Waals surface area contributed by atoms with Crippen LogP contribution in [0.1, 0.15) is 25.3 Å². The molecule has 0 saturated heterocycles.